The summed E-state index contributed by atoms with van der Waals surface area (Å²) in [6.45, 7) is 4.09. The minimum absolute atomic E-state index is 0.0318. The van der Waals surface area contributed by atoms with E-state index in [1.807, 2.05) is 4.90 Å². The van der Waals surface area contributed by atoms with Gasteiger partial charge in [-0.15, -0.1) is 0 Å². The number of nitrogens with one attached hydrogen (secondary N) is 2. The first kappa shape index (κ1) is 30.0. The highest BCUT2D eigenvalue weighted by molar-refractivity contribution is 5.78. The molecule has 0 aromatic heterocycles. The van der Waals surface area contributed by atoms with Gasteiger partial charge in [-0.2, -0.15) is 13.2 Å². The molecule has 40 heavy (non-hydrogen) atoms. The summed E-state index contributed by atoms with van der Waals surface area (Å²) in [5.74, 6) is 0.338. The molecule has 2 heterocycles. The van der Waals surface area contributed by atoms with Gasteiger partial charge in [-0.25, -0.2) is 9.59 Å². The number of amides is 3. The van der Waals surface area contributed by atoms with E-state index in [0.717, 1.165) is 43.4 Å². The van der Waals surface area contributed by atoms with Crippen LogP contribution >= 0.6 is 0 Å². The maximum Gasteiger partial charge on any atom is 0.416 e. The fraction of sp³-hybridized carbons (Fsp3) is 0.679. The van der Waals surface area contributed by atoms with Crippen molar-refractivity contribution in [3.63, 3.8) is 0 Å². The molecule has 1 spiro atoms. The van der Waals surface area contributed by atoms with Gasteiger partial charge in [0, 0.05) is 58.0 Å². The van der Waals surface area contributed by atoms with Gasteiger partial charge in [0.2, 0.25) is 5.91 Å². The SMILES string of the molecule is COC(=O)NCCCNC(=O)[C@H]1CC[C@H](CN2CC3(CCN(Cc4ccc(C(F)(F)F)cc4)CC3)OC2=O)CC1. The van der Waals surface area contributed by atoms with Crippen LogP contribution < -0.4 is 10.6 Å². The Labute approximate surface area is 232 Å². The monoisotopic (exact) mass is 568 g/mol. The first-order chi connectivity index (χ1) is 19.1. The van der Waals surface area contributed by atoms with Crippen molar-refractivity contribution in [1.29, 1.82) is 0 Å². The normalized spacial score (nSPS) is 23.1. The number of benzene rings is 1. The number of ether oxygens (including phenoxy) is 2. The van der Waals surface area contributed by atoms with Crippen molar-refractivity contribution in [2.45, 2.75) is 63.3 Å². The summed E-state index contributed by atoms with van der Waals surface area (Å²) >= 11 is 0. The number of alkyl carbamates (subject to hydrolysis) is 1. The van der Waals surface area contributed by atoms with Gasteiger partial charge in [0.1, 0.15) is 5.60 Å². The Morgan fingerprint density at radius 3 is 2.33 bits per heavy atom. The molecule has 2 saturated heterocycles. The van der Waals surface area contributed by atoms with Crippen molar-refractivity contribution in [3.8, 4) is 0 Å². The molecule has 4 rings (SSSR count). The number of nitrogens with zero attached hydrogens (tertiary/aromatic N) is 2. The molecule has 1 aromatic rings. The van der Waals surface area contributed by atoms with Crippen LogP contribution in [-0.2, 0) is 27.0 Å². The molecule has 1 saturated carbocycles. The molecule has 3 fully saturated rings. The zero-order chi connectivity index (χ0) is 28.8. The Hall–Kier alpha value is -3.02. The van der Waals surface area contributed by atoms with Crippen LogP contribution in [0.2, 0.25) is 0 Å². The summed E-state index contributed by atoms with van der Waals surface area (Å²) in [6.07, 6.45) is 0.218. The largest absolute Gasteiger partial charge is 0.453 e. The molecule has 3 amide bonds. The lowest BCUT2D eigenvalue weighted by molar-refractivity contribution is -0.137. The summed E-state index contributed by atoms with van der Waals surface area (Å²) in [4.78, 5) is 40.3. The summed E-state index contributed by atoms with van der Waals surface area (Å²) in [5.41, 5.74) is -0.327. The average molecular weight is 569 g/mol. The maximum absolute atomic E-state index is 12.8. The highest BCUT2D eigenvalue weighted by Gasteiger charge is 2.47. The molecule has 9 nitrogen and oxygen atoms in total. The molecular formula is C28H39F3N4O5. The summed E-state index contributed by atoms with van der Waals surface area (Å²) in [6, 6.07) is 5.28. The summed E-state index contributed by atoms with van der Waals surface area (Å²) in [7, 11) is 1.31. The van der Waals surface area contributed by atoms with Gasteiger partial charge in [0.25, 0.3) is 0 Å². The second-order valence-electron chi connectivity index (χ2n) is 11.2. The summed E-state index contributed by atoms with van der Waals surface area (Å²) < 4.78 is 48.8. The van der Waals surface area contributed by atoms with Crippen LogP contribution in [0.3, 0.4) is 0 Å². The Bertz CT molecular complexity index is 1020. The van der Waals surface area contributed by atoms with Crippen molar-refractivity contribution in [2.75, 3.05) is 46.4 Å². The van der Waals surface area contributed by atoms with E-state index in [1.54, 1.807) is 0 Å². The number of carbonyl (C=O) groups is 3. The van der Waals surface area contributed by atoms with Gasteiger partial charge in [0.05, 0.1) is 19.2 Å². The first-order valence-electron chi connectivity index (χ1n) is 14.0. The zero-order valence-electron chi connectivity index (χ0n) is 22.9. The van der Waals surface area contributed by atoms with E-state index in [4.69, 9.17) is 4.74 Å². The second-order valence-corrected chi connectivity index (χ2v) is 11.2. The van der Waals surface area contributed by atoms with E-state index in [1.165, 1.54) is 19.2 Å². The molecule has 12 heteroatoms. The van der Waals surface area contributed by atoms with Crippen molar-refractivity contribution < 1.29 is 37.0 Å². The van der Waals surface area contributed by atoms with Gasteiger partial charge < -0.3 is 25.0 Å². The number of piperidine rings is 1. The van der Waals surface area contributed by atoms with Crippen molar-refractivity contribution in [3.05, 3.63) is 35.4 Å². The molecule has 2 N–H and O–H groups in total. The zero-order valence-corrected chi connectivity index (χ0v) is 22.9. The number of hydrogen-bond donors (Lipinski definition) is 2. The fourth-order valence-electron chi connectivity index (χ4n) is 5.90. The third kappa shape index (κ3) is 8.02. The topological polar surface area (TPSA) is 100 Å². The van der Waals surface area contributed by atoms with Crippen molar-refractivity contribution >= 4 is 18.1 Å². The first-order valence-corrected chi connectivity index (χ1v) is 14.0. The molecule has 0 atom stereocenters. The van der Waals surface area contributed by atoms with E-state index >= 15 is 0 Å². The molecule has 0 unspecified atom stereocenters. The number of carbonyl (C=O) groups excluding carboxylic acids is 3. The van der Waals surface area contributed by atoms with Crippen LogP contribution in [0.4, 0.5) is 22.8 Å². The van der Waals surface area contributed by atoms with Crippen molar-refractivity contribution in [1.82, 2.24) is 20.4 Å². The van der Waals surface area contributed by atoms with Gasteiger partial charge in [-0.1, -0.05) is 12.1 Å². The number of rotatable bonds is 9. The highest BCUT2D eigenvalue weighted by Crippen LogP contribution is 2.36. The highest BCUT2D eigenvalue weighted by atomic mass is 19.4. The maximum atomic E-state index is 12.8. The molecule has 0 radical (unpaired) electrons. The predicted molar refractivity (Wildman–Crippen MR) is 140 cm³/mol. The third-order valence-corrected chi connectivity index (χ3v) is 8.30. The minimum Gasteiger partial charge on any atom is -0.453 e. The van der Waals surface area contributed by atoms with Gasteiger partial charge in [0.15, 0.2) is 0 Å². The molecule has 1 aliphatic carbocycles. The summed E-state index contributed by atoms with van der Waals surface area (Å²) in [5, 5.41) is 5.52. The molecule has 222 valence electrons. The van der Waals surface area contributed by atoms with E-state index in [9.17, 15) is 27.6 Å². The molecule has 2 aliphatic heterocycles. The number of likely N-dealkylation sites (tertiary alicyclic amines) is 1. The van der Waals surface area contributed by atoms with Crippen LogP contribution in [0.1, 0.15) is 56.1 Å². The van der Waals surface area contributed by atoms with Gasteiger partial charge in [-0.3, -0.25) is 9.69 Å². The van der Waals surface area contributed by atoms with Gasteiger partial charge in [-0.05, 0) is 55.7 Å². The third-order valence-electron chi connectivity index (χ3n) is 8.30. The molecule has 1 aromatic carbocycles. The van der Waals surface area contributed by atoms with E-state index < -0.39 is 23.4 Å². The standard InChI is InChI=1S/C28H39F3N4O5/c1-39-25(37)33-14-2-13-32-24(36)22-7-3-21(4-8-22)18-35-19-27(40-26(35)38)11-15-34(16-12-27)17-20-5-9-23(10-6-20)28(29,30)31/h5-6,9-10,21-22H,2-4,7-8,11-19H2,1H3,(H,32,36)(H,33,37)/t21-,22-. The van der Waals surface area contributed by atoms with Crippen molar-refractivity contribution in [2.24, 2.45) is 11.8 Å². The molecule has 0 bridgehead atoms. The quantitative estimate of drug-likeness (QED) is 0.434. The van der Waals surface area contributed by atoms with Crippen LogP contribution in [0.5, 0.6) is 0 Å². The Morgan fingerprint density at radius 1 is 1.05 bits per heavy atom. The molecule has 3 aliphatic rings. The lowest BCUT2D eigenvalue weighted by atomic mass is 9.81. The van der Waals surface area contributed by atoms with Crippen LogP contribution in [0, 0.1) is 11.8 Å². The predicted octanol–water partition coefficient (Wildman–Crippen LogP) is 4.16. The smallest absolute Gasteiger partial charge is 0.416 e. The average Bonchev–Trinajstić information content (AvgIpc) is 3.23. The minimum atomic E-state index is -4.34. The van der Waals surface area contributed by atoms with Gasteiger partial charge >= 0.3 is 18.4 Å². The molecular weight excluding hydrogens is 529 g/mol. The van der Waals surface area contributed by atoms with E-state index in [-0.39, 0.29) is 17.9 Å². The van der Waals surface area contributed by atoms with Crippen LogP contribution in [-0.4, -0.2) is 79.9 Å². The number of halogens is 3. The van der Waals surface area contributed by atoms with E-state index in [2.05, 4.69) is 20.3 Å². The Balaban J connectivity index is 1.15. The lowest BCUT2D eigenvalue weighted by Crippen LogP contribution is -2.46. The second kappa shape index (κ2) is 13.1. The van der Waals surface area contributed by atoms with E-state index in [0.29, 0.717) is 71.0 Å². The van der Waals surface area contributed by atoms with Crippen LogP contribution in [0.25, 0.3) is 0 Å². The fourth-order valence-corrected chi connectivity index (χ4v) is 5.90. The number of alkyl halides is 3. The number of hydrogen-bond acceptors (Lipinski definition) is 6. The lowest BCUT2D eigenvalue weighted by Gasteiger charge is -2.37. The Morgan fingerprint density at radius 2 is 1.70 bits per heavy atom. The number of methoxy groups -OCH3 is 1. The Kier molecular flexibility index (Phi) is 9.81. The van der Waals surface area contributed by atoms with Crippen LogP contribution in [0.15, 0.2) is 24.3 Å².